The highest BCUT2D eigenvalue weighted by Gasteiger charge is 2.39. The summed E-state index contributed by atoms with van der Waals surface area (Å²) < 4.78 is 16.8. The van der Waals surface area contributed by atoms with Gasteiger partial charge in [-0.2, -0.15) is 0 Å². The highest BCUT2D eigenvalue weighted by atomic mass is 16.5. The first-order valence-electron chi connectivity index (χ1n) is 16.9. The number of aromatic nitrogens is 1. The molecule has 0 spiro atoms. The van der Waals surface area contributed by atoms with Gasteiger partial charge in [0, 0.05) is 18.8 Å². The van der Waals surface area contributed by atoms with Gasteiger partial charge in [-0.3, -0.25) is 4.79 Å². The number of hydrogen-bond donors (Lipinski definition) is 1. The van der Waals surface area contributed by atoms with Gasteiger partial charge >= 0.3 is 5.97 Å². The maximum Gasteiger partial charge on any atom is 0.313 e. The van der Waals surface area contributed by atoms with Gasteiger partial charge in [-0.15, -0.1) is 0 Å². The number of rotatable bonds is 9. The highest BCUT2D eigenvalue weighted by Crippen LogP contribution is 2.43. The van der Waals surface area contributed by atoms with E-state index >= 15 is 0 Å². The molecule has 0 radical (unpaired) electrons. The van der Waals surface area contributed by atoms with Gasteiger partial charge < -0.3 is 19.5 Å². The Bertz CT molecular complexity index is 1150. The quantitative estimate of drug-likeness (QED) is 0.232. The predicted molar refractivity (Wildman–Crippen MR) is 177 cm³/mol. The molecular formula is C37H58N2O4. The van der Waals surface area contributed by atoms with Crippen LogP contribution in [0.3, 0.4) is 0 Å². The summed E-state index contributed by atoms with van der Waals surface area (Å²) in [5.74, 6) is 1.58. The molecule has 0 bridgehead atoms. The lowest BCUT2D eigenvalue weighted by Crippen LogP contribution is -2.26. The molecular weight excluding hydrogens is 536 g/mol. The fraction of sp³-hybridized carbons (Fsp3) is 0.676. The summed E-state index contributed by atoms with van der Waals surface area (Å²) in [5.41, 5.74) is 6.49. The number of nitrogens with zero attached hydrogens (tertiary/aromatic N) is 1. The van der Waals surface area contributed by atoms with Gasteiger partial charge in [0.15, 0.2) is 0 Å². The highest BCUT2D eigenvalue weighted by molar-refractivity contribution is 5.78. The van der Waals surface area contributed by atoms with Crippen LogP contribution in [0, 0.1) is 11.3 Å². The van der Waals surface area contributed by atoms with Gasteiger partial charge in [0.05, 0.1) is 31.8 Å². The molecule has 4 unspecified atom stereocenters. The van der Waals surface area contributed by atoms with E-state index in [0.29, 0.717) is 11.5 Å². The van der Waals surface area contributed by atoms with E-state index in [1.54, 1.807) is 0 Å². The van der Waals surface area contributed by atoms with Crippen LogP contribution >= 0.6 is 0 Å². The Labute approximate surface area is 261 Å². The van der Waals surface area contributed by atoms with Gasteiger partial charge in [-0.25, -0.2) is 4.98 Å². The topological polar surface area (TPSA) is 69.7 Å². The second-order valence-electron chi connectivity index (χ2n) is 12.9. The van der Waals surface area contributed by atoms with Crippen molar-refractivity contribution in [1.82, 2.24) is 4.98 Å². The van der Waals surface area contributed by atoms with Crippen molar-refractivity contribution < 1.29 is 19.0 Å². The van der Waals surface area contributed by atoms with Gasteiger partial charge in [-0.05, 0) is 104 Å². The molecule has 0 saturated heterocycles. The molecule has 2 aliphatic heterocycles. The lowest BCUT2D eigenvalue weighted by Gasteiger charge is -2.28. The van der Waals surface area contributed by atoms with Crippen LogP contribution in [-0.2, 0) is 38.3 Å². The van der Waals surface area contributed by atoms with Crippen LogP contribution in [0.1, 0.15) is 127 Å². The molecule has 43 heavy (non-hydrogen) atoms. The number of methoxy groups -OCH3 is 1. The molecule has 0 amide bonds. The van der Waals surface area contributed by atoms with E-state index in [1.165, 1.54) is 55.2 Å². The Morgan fingerprint density at radius 3 is 2.60 bits per heavy atom. The number of esters is 1. The number of nitrogens with one attached hydrogen (secondary N) is 1. The zero-order chi connectivity index (χ0) is 31.4. The van der Waals surface area contributed by atoms with Crippen molar-refractivity contribution in [3.05, 3.63) is 58.3 Å². The molecule has 4 atom stereocenters. The maximum atomic E-state index is 11.9. The van der Waals surface area contributed by atoms with Crippen molar-refractivity contribution in [2.24, 2.45) is 11.3 Å². The third-order valence-electron chi connectivity index (χ3n) is 9.11. The summed E-state index contributed by atoms with van der Waals surface area (Å²) in [6.45, 7) is 17.8. The van der Waals surface area contributed by atoms with E-state index in [4.69, 9.17) is 19.2 Å². The molecule has 1 aliphatic carbocycles. The molecule has 1 aromatic carbocycles. The third kappa shape index (κ3) is 9.52. The van der Waals surface area contributed by atoms with E-state index in [0.717, 1.165) is 69.2 Å². The Morgan fingerprint density at radius 2 is 1.91 bits per heavy atom. The standard InChI is InChI=1S/C20H32N2O.C15H20O3.C2H6/c1-15-13-18(20(2,3)14-15)23-12-5-4-8-17-10-9-16-7-6-11-21-19(16)22-17;1-4-12(15(16)17-3)13-7-5-6-11-8-9-18-10(2)14(11)13;1-2/h9-10,15,18H,4-8,11-14H2,1-3H3,(H,21,22);5-7,10,12H,4,8-9H2,1-3H3;1-2H3. The first-order valence-corrected chi connectivity index (χ1v) is 16.9. The minimum Gasteiger partial charge on any atom is -0.469 e. The number of carbonyl (C=O) groups excluding carboxylic acids is 1. The first-order chi connectivity index (χ1) is 20.7. The van der Waals surface area contributed by atoms with Crippen LogP contribution < -0.4 is 5.32 Å². The van der Waals surface area contributed by atoms with Crippen molar-refractivity contribution in [2.75, 3.05) is 32.2 Å². The summed E-state index contributed by atoms with van der Waals surface area (Å²) in [6, 6.07) is 10.6. The van der Waals surface area contributed by atoms with Crippen LogP contribution in [0.2, 0.25) is 0 Å². The van der Waals surface area contributed by atoms with Gasteiger partial charge in [0.1, 0.15) is 5.82 Å². The minimum atomic E-state index is -0.186. The van der Waals surface area contributed by atoms with Gasteiger partial charge in [0.25, 0.3) is 0 Å². The molecule has 6 nitrogen and oxygen atoms in total. The molecule has 240 valence electrons. The molecule has 3 aliphatic rings. The van der Waals surface area contributed by atoms with Crippen molar-refractivity contribution in [1.29, 1.82) is 0 Å². The van der Waals surface area contributed by atoms with Gasteiger partial charge in [-0.1, -0.05) is 65.8 Å². The molecule has 1 aromatic heterocycles. The van der Waals surface area contributed by atoms with Gasteiger partial charge in [0.2, 0.25) is 0 Å². The van der Waals surface area contributed by atoms with Crippen LogP contribution in [0.15, 0.2) is 30.3 Å². The number of hydrogen-bond acceptors (Lipinski definition) is 6. The number of unbranched alkanes of at least 4 members (excludes halogenated alkanes) is 1. The number of carbonyl (C=O) groups is 1. The fourth-order valence-corrected chi connectivity index (χ4v) is 6.97. The molecule has 1 fully saturated rings. The maximum absolute atomic E-state index is 11.9. The molecule has 1 N–H and O–H groups in total. The van der Waals surface area contributed by atoms with E-state index < -0.39 is 0 Å². The lowest BCUT2D eigenvalue weighted by molar-refractivity contribution is -0.142. The van der Waals surface area contributed by atoms with Crippen LogP contribution in [0.4, 0.5) is 5.82 Å². The lowest BCUT2D eigenvalue weighted by atomic mass is 9.85. The smallest absolute Gasteiger partial charge is 0.313 e. The summed E-state index contributed by atoms with van der Waals surface area (Å²) in [4.78, 5) is 16.6. The second-order valence-corrected chi connectivity index (χ2v) is 12.9. The summed E-state index contributed by atoms with van der Waals surface area (Å²) in [7, 11) is 1.44. The molecule has 3 heterocycles. The monoisotopic (exact) mass is 594 g/mol. The van der Waals surface area contributed by atoms with Crippen LogP contribution in [0.5, 0.6) is 0 Å². The van der Waals surface area contributed by atoms with E-state index in [-0.39, 0.29) is 18.0 Å². The Kier molecular flexibility index (Phi) is 14.0. The largest absolute Gasteiger partial charge is 0.469 e. The van der Waals surface area contributed by atoms with Crippen LogP contribution in [0.25, 0.3) is 0 Å². The zero-order valence-electron chi connectivity index (χ0n) is 28.3. The number of ether oxygens (including phenoxy) is 3. The second kappa shape index (κ2) is 17.2. The number of aryl methyl sites for hydroxylation is 2. The number of fused-ring (bicyclic) bond motifs is 2. The van der Waals surface area contributed by atoms with Crippen molar-refractivity contribution in [3.8, 4) is 0 Å². The third-order valence-corrected chi connectivity index (χ3v) is 9.11. The van der Waals surface area contributed by atoms with Crippen molar-refractivity contribution >= 4 is 11.8 Å². The number of pyridine rings is 1. The summed E-state index contributed by atoms with van der Waals surface area (Å²) in [5, 5.41) is 3.42. The minimum absolute atomic E-state index is 0.0589. The molecule has 1 saturated carbocycles. The van der Waals surface area contributed by atoms with E-state index in [1.807, 2.05) is 39.8 Å². The number of benzene rings is 1. The van der Waals surface area contributed by atoms with E-state index in [2.05, 4.69) is 44.3 Å². The normalized spacial score (nSPS) is 22.4. The molecule has 5 rings (SSSR count). The van der Waals surface area contributed by atoms with E-state index in [9.17, 15) is 4.79 Å². The Morgan fingerprint density at radius 1 is 1.12 bits per heavy atom. The zero-order valence-corrected chi connectivity index (χ0v) is 28.3. The number of anilines is 1. The van der Waals surface area contributed by atoms with Crippen molar-refractivity contribution in [2.45, 2.75) is 124 Å². The molecule has 2 aromatic rings. The van der Waals surface area contributed by atoms with Crippen LogP contribution in [-0.4, -0.2) is 43.9 Å². The predicted octanol–water partition coefficient (Wildman–Crippen LogP) is 8.62. The first kappa shape index (κ1) is 35.0. The fourth-order valence-electron chi connectivity index (χ4n) is 6.97. The SMILES string of the molecule is CC.CC1CC(OCCCCc2ccc3c(n2)NCCC3)C(C)(C)C1.CCC(C(=O)OC)c1cccc2c1C(C)OCC2. The van der Waals surface area contributed by atoms with Crippen molar-refractivity contribution in [3.63, 3.8) is 0 Å². The average Bonchev–Trinajstić information content (AvgIpc) is 3.28. The Hall–Kier alpha value is -2.44. The Balaban J connectivity index is 0.000000229. The summed E-state index contributed by atoms with van der Waals surface area (Å²) >= 11 is 0. The molecule has 6 heteroatoms. The summed E-state index contributed by atoms with van der Waals surface area (Å²) in [6.07, 6.45) is 10.4. The average molecular weight is 595 g/mol.